The summed E-state index contributed by atoms with van der Waals surface area (Å²) in [6.45, 7) is 9.09. The number of hydrogen-bond acceptors (Lipinski definition) is 5. The van der Waals surface area contributed by atoms with Crippen molar-refractivity contribution < 1.29 is 4.74 Å². The first kappa shape index (κ1) is 14.1. The van der Waals surface area contributed by atoms with Crippen LogP contribution in [0.5, 0.6) is 5.88 Å². The van der Waals surface area contributed by atoms with Crippen molar-refractivity contribution in [1.82, 2.24) is 15.3 Å². The minimum Gasteiger partial charge on any atom is -0.475 e. The van der Waals surface area contributed by atoms with Crippen LogP contribution in [0.4, 0.5) is 5.95 Å². The van der Waals surface area contributed by atoms with Crippen molar-refractivity contribution in [2.24, 2.45) is 5.92 Å². The maximum absolute atomic E-state index is 5.62. The van der Waals surface area contributed by atoms with Gasteiger partial charge in [0.25, 0.3) is 0 Å². The lowest BCUT2D eigenvalue weighted by Gasteiger charge is -2.23. The number of nitrogens with one attached hydrogen (secondary N) is 2. The van der Waals surface area contributed by atoms with E-state index in [9.17, 15) is 0 Å². The van der Waals surface area contributed by atoms with E-state index >= 15 is 0 Å². The first-order chi connectivity index (χ1) is 9.13. The fourth-order valence-electron chi connectivity index (χ4n) is 2.25. The lowest BCUT2D eigenvalue weighted by molar-refractivity contribution is 0.232. The summed E-state index contributed by atoms with van der Waals surface area (Å²) in [4.78, 5) is 8.80. The van der Waals surface area contributed by atoms with E-state index in [0.29, 0.717) is 17.7 Å². The Kier molecular flexibility index (Phi) is 4.96. The van der Waals surface area contributed by atoms with Gasteiger partial charge >= 0.3 is 0 Å². The molecule has 2 N–H and O–H groups in total. The van der Waals surface area contributed by atoms with Crippen molar-refractivity contribution in [3.05, 3.63) is 11.8 Å². The molecule has 1 aromatic heterocycles. The topological polar surface area (TPSA) is 59.1 Å². The molecule has 0 aromatic carbocycles. The minimum absolute atomic E-state index is 0.129. The van der Waals surface area contributed by atoms with Crippen LogP contribution in [0.25, 0.3) is 0 Å². The average molecular weight is 264 g/mol. The third kappa shape index (κ3) is 4.67. The predicted octanol–water partition coefficient (Wildman–Crippen LogP) is 1.98. The second-order valence-corrected chi connectivity index (χ2v) is 5.43. The number of hydrogen-bond donors (Lipinski definition) is 2. The van der Waals surface area contributed by atoms with Crippen molar-refractivity contribution in [3.63, 3.8) is 0 Å². The highest BCUT2D eigenvalue weighted by molar-refractivity contribution is 5.30. The third-order valence-electron chi connectivity index (χ3n) is 3.13. The Morgan fingerprint density at radius 3 is 3.00 bits per heavy atom. The molecule has 0 saturated carbocycles. The van der Waals surface area contributed by atoms with Crippen LogP contribution in [-0.4, -0.2) is 35.7 Å². The number of piperidine rings is 1. The van der Waals surface area contributed by atoms with Gasteiger partial charge in [-0.3, -0.25) is 0 Å². The second-order valence-electron chi connectivity index (χ2n) is 5.43. The number of rotatable bonds is 5. The van der Waals surface area contributed by atoms with Gasteiger partial charge in [-0.05, 0) is 52.6 Å². The highest BCUT2D eigenvalue weighted by atomic mass is 16.5. The molecule has 0 amide bonds. The van der Waals surface area contributed by atoms with Gasteiger partial charge in [-0.1, -0.05) is 0 Å². The van der Waals surface area contributed by atoms with E-state index in [-0.39, 0.29) is 6.10 Å². The molecule has 106 valence electrons. The molecule has 19 heavy (non-hydrogen) atoms. The molecule has 1 aliphatic heterocycles. The monoisotopic (exact) mass is 264 g/mol. The normalized spacial score (nSPS) is 19.5. The Morgan fingerprint density at radius 1 is 1.47 bits per heavy atom. The second kappa shape index (κ2) is 6.70. The third-order valence-corrected chi connectivity index (χ3v) is 3.13. The molecule has 0 radical (unpaired) electrons. The quantitative estimate of drug-likeness (QED) is 0.851. The van der Waals surface area contributed by atoms with Gasteiger partial charge in [0.15, 0.2) is 0 Å². The molecule has 0 aliphatic carbocycles. The molecule has 1 fully saturated rings. The summed E-state index contributed by atoms with van der Waals surface area (Å²) in [6.07, 6.45) is 2.65. The predicted molar refractivity (Wildman–Crippen MR) is 76.6 cm³/mol. The molecule has 5 nitrogen and oxygen atoms in total. The number of ether oxygens (including phenoxy) is 1. The Labute approximate surface area is 115 Å². The van der Waals surface area contributed by atoms with Gasteiger partial charge < -0.3 is 15.4 Å². The van der Waals surface area contributed by atoms with Crippen LogP contribution in [0.3, 0.4) is 0 Å². The molecule has 1 atom stereocenters. The van der Waals surface area contributed by atoms with Crippen LogP contribution in [0.1, 0.15) is 32.4 Å². The van der Waals surface area contributed by atoms with E-state index < -0.39 is 0 Å². The zero-order chi connectivity index (χ0) is 13.7. The minimum atomic E-state index is 0.129. The van der Waals surface area contributed by atoms with Crippen molar-refractivity contribution in [2.45, 2.75) is 39.7 Å². The average Bonchev–Trinajstić information content (AvgIpc) is 2.36. The zero-order valence-corrected chi connectivity index (χ0v) is 12.1. The van der Waals surface area contributed by atoms with Gasteiger partial charge in [-0.15, -0.1) is 0 Å². The molecule has 1 saturated heterocycles. The molecule has 0 bridgehead atoms. The van der Waals surface area contributed by atoms with Gasteiger partial charge in [-0.2, -0.15) is 4.98 Å². The number of anilines is 1. The lowest BCUT2D eigenvalue weighted by Crippen LogP contribution is -2.33. The summed E-state index contributed by atoms with van der Waals surface area (Å²) in [5.74, 6) is 1.97. The standard InChI is InChI=1S/C14H24N4O/c1-10(2)19-13-7-11(3)17-14(18-13)16-9-12-5-4-6-15-8-12/h7,10,12,15H,4-6,8-9H2,1-3H3,(H,16,17,18). The number of nitrogens with zero attached hydrogens (tertiary/aromatic N) is 2. The highest BCUT2D eigenvalue weighted by Gasteiger charge is 2.13. The summed E-state index contributed by atoms with van der Waals surface area (Å²) in [5, 5.41) is 6.74. The van der Waals surface area contributed by atoms with Gasteiger partial charge in [-0.25, -0.2) is 4.98 Å². The maximum Gasteiger partial charge on any atom is 0.226 e. The highest BCUT2D eigenvalue weighted by Crippen LogP contribution is 2.15. The van der Waals surface area contributed by atoms with Crippen molar-refractivity contribution >= 4 is 5.95 Å². The molecule has 1 aromatic rings. The molecular formula is C14H24N4O. The molecule has 1 unspecified atom stereocenters. The van der Waals surface area contributed by atoms with E-state index in [1.165, 1.54) is 12.8 Å². The Bertz CT molecular complexity index is 402. The summed E-state index contributed by atoms with van der Waals surface area (Å²) >= 11 is 0. The molecule has 2 rings (SSSR count). The van der Waals surface area contributed by atoms with Gasteiger partial charge in [0, 0.05) is 18.3 Å². The van der Waals surface area contributed by atoms with Crippen LogP contribution < -0.4 is 15.4 Å². The summed E-state index contributed by atoms with van der Waals surface area (Å²) in [6, 6.07) is 1.87. The van der Waals surface area contributed by atoms with Crippen molar-refractivity contribution in [1.29, 1.82) is 0 Å². The van der Waals surface area contributed by atoms with E-state index in [0.717, 1.165) is 25.3 Å². The van der Waals surface area contributed by atoms with E-state index in [1.54, 1.807) is 0 Å². The smallest absolute Gasteiger partial charge is 0.226 e. The van der Waals surface area contributed by atoms with Crippen LogP contribution in [0, 0.1) is 12.8 Å². The van der Waals surface area contributed by atoms with Crippen LogP contribution >= 0.6 is 0 Å². The SMILES string of the molecule is Cc1cc(OC(C)C)nc(NCC2CCCNC2)n1. The Hall–Kier alpha value is -1.36. The molecule has 2 heterocycles. The Balaban J connectivity index is 1.93. The summed E-state index contributed by atoms with van der Waals surface area (Å²) < 4.78 is 5.62. The zero-order valence-electron chi connectivity index (χ0n) is 12.1. The first-order valence-corrected chi connectivity index (χ1v) is 7.10. The van der Waals surface area contributed by atoms with E-state index in [1.807, 2.05) is 26.8 Å². The van der Waals surface area contributed by atoms with Crippen LogP contribution in [0.2, 0.25) is 0 Å². The van der Waals surface area contributed by atoms with Gasteiger partial charge in [0.1, 0.15) is 0 Å². The van der Waals surface area contributed by atoms with Crippen molar-refractivity contribution in [3.8, 4) is 5.88 Å². The summed E-state index contributed by atoms with van der Waals surface area (Å²) in [5.41, 5.74) is 0.926. The first-order valence-electron chi connectivity index (χ1n) is 7.10. The van der Waals surface area contributed by atoms with Crippen molar-refractivity contribution in [2.75, 3.05) is 25.0 Å². The van der Waals surface area contributed by atoms with Gasteiger partial charge in [0.2, 0.25) is 11.8 Å². The molecule has 0 spiro atoms. The fourth-order valence-corrected chi connectivity index (χ4v) is 2.25. The largest absolute Gasteiger partial charge is 0.475 e. The number of aryl methyl sites for hydroxylation is 1. The van der Waals surface area contributed by atoms with Gasteiger partial charge in [0.05, 0.1) is 6.10 Å². The molecular weight excluding hydrogens is 240 g/mol. The summed E-state index contributed by atoms with van der Waals surface area (Å²) in [7, 11) is 0. The Morgan fingerprint density at radius 2 is 2.32 bits per heavy atom. The molecule has 1 aliphatic rings. The van der Waals surface area contributed by atoms with Crippen LogP contribution in [-0.2, 0) is 0 Å². The van der Waals surface area contributed by atoms with E-state index in [4.69, 9.17) is 4.74 Å². The molecule has 5 heteroatoms. The van der Waals surface area contributed by atoms with E-state index in [2.05, 4.69) is 20.6 Å². The number of aromatic nitrogens is 2. The van der Waals surface area contributed by atoms with Crippen LogP contribution in [0.15, 0.2) is 6.07 Å². The fraction of sp³-hybridized carbons (Fsp3) is 0.714. The lowest BCUT2D eigenvalue weighted by atomic mass is 10.00. The maximum atomic E-state index is 5.62.